The lowest BCUT2D eigenvalue weighted by Gasteiger charge is -2.30. The van der Waals surface area contributed by atoms with Gasteiger partial charge in [0.05, 0.1) is 6.07 Å². The Kier molecular flexibility index (Phi) is 3.56. The maximum absolute atomic E-state index is 10.8. The van der Waals surface area contributed by atoms with Gasteiger partial charge in [0.1, 0.15) is 0 Å². The van der Waals surface area contributed by atoms with Crippen molar-refractivity contribution in [2.45, 2.75) is 25.7 Å². The number of carbonyl (C=O) groups excluding carboxylic acids is 1. The van der Waals surface area contributed by atoms with E-state index in [9.17, 15) is 4.79 Å². The third kappa shape index (κ3) is 2.94. The van der Waals surface area contributed by atoms with Crippen molar-refractivity contribution < 1.29 is 4.79 Å². The lowest BCUT2D eigenvalue weighted by Crippen LogP contribution is -2.41. The molecule has 1 aliphatic heterocycles. The molecule has 0 saturated carbocycles. The van der Waals surface area contributed by atoms with Crippen LogP contribution in [0.2, 0.25) is 0 Å². The zero-order valence-electron chi connectivity index (χ0n) is 7.70. The predicted molar refractivity (Wildman–Crippen MR) is 48.7 cm³/mol. The molecule has 0 atom stereocenters. The molecule has 1 rings (SSSR count). The Morgan fingerprint density at radius 2 is 2.15 bits per heavy atom. The number of piperidine rings is 1. The summed E-state index contributed by atoms with van der Waals surface area (Å²) >= 11 is 0. The first kappa shape index (κ1) is 9.85. The Morgan fingerprint density at radius 3 is 2.62 bits per heavy atom. The highest BCUT2D eigenvalue weighted by molar-refractivity contribution is 5.72. The van der Waals surface area contributed by atoms with Crippen LogP contribution in [0.1, 0.15) is 25.7 Å². The zero-order valence-corrected chi connectivity index (χ0v) is 7.70. The molecule has 72 valence electrons. The van der Waals surface area contributed by atoms with Crippen LogP contribution in [0.4, 0.5) is 4.79 Å². The summed E-state index contributed by atoms with van der Waals surface area (Å²) in [5.41, 5.74) is 5.15. The first-order valence-electron chi connectivity index (χ1n) is 4.65. The van der Waals surface area contributed by atoms with E-state index >= 15 is 0 Å². The SMILES string of the molecule is N#CCCC1CCN(C(N)=O)CC1. The summed E-state index contributed by atoms with van der Waals surface area (Å²) in [5.74, 6) is 0.607. The van der Waals surface area contributed by atoms with Gasteiger partial charge >= 0.3 is 6.03 Å². The fourth-order valence-corrected chi connectivity index (χ4v) is 1.71. The van der Waals surface area contributed by atoms with Crippen LogP contribution in [-0.2, 0) is 0 Å². The Labute approximate surface area is 78.3 Å². The molecular weight excluding hydrogens is 166 g/mol. The molecule has 1 fully saturated rings. The molecule has 13 heavy (non-hydrogen) atoms. The molecule has 1 aliphatic rings. The van der Waals surface area contributed by atoms with Crippen molar-refractivity contribution in [2.24, 2.45) is 11.7 Å². The smallest absolute Gasteiger partial charge is 0.314 e. The number of nitrogens with zero attached hydrogens (tertiary/aromatic N) is 2. The van der Waals surface area contributed by atoms with Gasteiger partial charge in [0.25, 0.3) is 0 Å². The summed E-state index contributed by atoms with van der Waals surface area (Å²) < 4.78 is 0. The monoisotopic (exact) mass is 181 g/mol. The molecule has 0 aromatic carbocycles. The summed E-state index contributed by atoms with van der Waals surface area (Å²) in [6.45, 7) is 1.51. The van der Waals surface area contributed by atoms with Gasteiger partial charge in [-0.25, -0.2) is 4.79 Å². The second-order valence-electron chi connectivity index (χ2n) is 3.47. The minimum atomic E-state index is -0.321. The third-order valence-corrected chi connectivity index (χ3v) is 2.59. The number of amides is 2. The zero-order chi connectivity index (χ0) is 9.68. The number of urea groups is 1. The Balaban J connectivity index is 2.23. The van der Waals surface area contributed by atoms with Crippen LogP contribution in [0.25, 0.3) is 0 Å². The summed E-state index contributed by atoms with van der Waals surface area (Å²) in [7, 11) is 0. The molecule has 4 nitrogen and oxygen atoms in total. The van der Waals surface area contributed by atoms with Gasteiger partial charge in [0.2, 0.25) is 0 Å². The average molecular weight is 181 g/mol. The second kappa shape index (κ2) is 4.70. The highest BCUT2D eigenvalue weighted by Crippen LogP contribution is 2.21. The van der Waals surface area contributed by atoms with E-state index in [1.54, 1.807) is 4.90 Å². The van der Waals surface area contributed by atoms with E-state index in [0.29, 0.717) is 12.3 Å². The Morgan fingerprint density at radius 1 is 1.54 bits per heavy atom. The van der Waals surface area contributed by atoms with E-state index in [4.69, 9.17) is 11.0 Å². The Hall–Kier alpha value is -1.24. The van der Waals surface area contributed by atoms with Crippen molar-refractivity contribution in [3.63, 3.8) is 0 Å². The lowest BCUT2D eigenvalue weighted by atomic mass is 9.93. The van der Waals surface area contributed by atoms with Crippen LogP contribution in [0.3, 0.4) is 0 Å². The summed E-state index contributed by atoms with van der Waals surface area (Å²) in [6, 6.07) is 1.82. The second-order valence-corrected chi connectivity index (χ2v) is 3.47. The quantitative estimate of drug-likeness (QED) is 0.692. The first-order valence-corrected chi connectivity index (χ1v) is 4.65. The van der Waals surface area contributed by atoms with Crippen molar-refractivity contribution in [1.82, 2.24) is 4.90 Å². The van der Waals surface area contributed by atoms with Crippen molar-refractivity contribution in [3.8, 4) is 6.07 Å². The van der Waals surface area contributed by atoms with Crippen molar-refractivity contribution in [2.75, 3.05) is 13.1 Å². The van der Waals surface area contributed by atoms with E-state index in [2.05, 4.69) is 6.07 Å². The number of carbonyl (C=O) groups is 1. The van der Waals surface area contributed by atoms with E-state index in [1.807, 2.05) is 0 Å². The molecule has 2 amide bonds. The van der Waals surface area contributed by atoms with E-state index < -0.39 is 0 Å². The maximum atomic E-state index is 10.8. The topological polar surface area (TPSA) is 70.1 Å². The van der Waals surface area contributed by atoms with Crippen molar-refractivity contribution in [1.29, 1.82) is 5.26 Å². The predicted octanol–water partition coefficient (Wildman–Crippen LogP) is 1.08. The van der Waals surface area contributed by atoms with Gasteiger partial charge < -0.3 is 10.6 Å². The van der Waals surface area contributed by atoms with Gasteiger partial charge in [-0.3, -0.25) is 0 Å². The molecule has 0 spiro atoms. The molecule has 1 heterocycles. The highest BCUT2D eigenvalue weighted by atomic mass is 16.2. The van der Waals surface area contributed by atoms with Crippen molar-refractivity contribution >= 4 is 6.03 Å². The molecule has 0 aromatic rings. The fourth-order valence-electron chi connectivity index (χ4n) is 1.71. The van der Waals surface area contributed by atoms with Crippen LogP contribution in [-0.4, -0.2) is 24.0 Å². The summed E-state index contributed by atoms with van der Waals surface area (Å²) in [6.07, 6.45) is 3.57. The standard InChI is InChI=1S/C9H15N3O/c10-5-1-2-8-3-6-12(7-4-8)9(11)13/h8H,1-4,6-7H2,(H2,11,13). The number of nitrogens with two attached hydrogens (primary N) is 1. The van der Waals surface area contributed by atoms with Gasteiger partial charge in [0.15, 0.2) is 0 Å². The van der Waals surface area contributed by atoms with E-state index in [-0.39, 0.29) is 6.03 Å². The molecule has 0 aromatic heterocycles. The van der Waals surface area contributed by atoms with E-state index in [1.165, 1.54) is 0 Å². The van der Waals surface area contributed by atoms with Crippen LogP contribution >= 0.6 is 0 Å². The third-order valence-electron chi connectivity index (χ3n) is 2.59. The van der Waals surface area contributed by atoms with Gasteiger partial charge in [-0.05, 0) is 25.2 Å². The van der Waals surface area contributed by atoms with Crippen LogP contribution < -0.4 is 5.73 Å². The number of likely N-dealkylation sites (tertiary alicyclic amines) is 1. The Bertz CT molecular complexity index is 213. The molecule has 2 N–H and O–H groups in total. The van der Waals surface area contributed by atoms with Crippen molar-refractivity contribution in [3.05, 3.63) is 0 Å². The summed E-state index contributed by atoms with van der Waals surface area (Å²) in [4.78, 5) is 12.4. The first-order chi connectivity index (χ1) is 6.24. The average Bonchev–Trinajstić information content (AvgIpc) is 2.15. The molecule has 1 saturated heterocycles. The van der Waals surface area contributed by atoms with Crippen LogP contribution in [0, 0.1) is 17.2 Å². The lowest BCUT2D eigenvalue weighted by molar-refractivity contribution is 0.177. The fraction of sp³-hybridized carbons (Fsp3) is 0.778. The van der Waals surface area contributed by atoms with Gasteiger partial charge in [-0.1, -0.05) is 0 Å². The number of primary amides is 1. The largest absolute Gasteiger partial charge is 0.351 e. The molecule has 4 heteroatoms. The number of rotatable bonds is 2. The van der Waals surface area contributed by atoms with Crippen LogP contribution in [0.15, 0.2) is 0 Å². The van der Waals surface area contributed by atoms with Gasteiger partial charge in [-0.2, -0.15) is 5.26 Å². The number of hydrogen-bond donors (Lipinski definition) is 1. The summed E-state index contributed by atoms with van der Waals surface area (Å²) in [5, 5.41) is 8.40. The van der Waals surface area contributed by atoms with Crippen LogP contribution in [0.5, 0.6) is 0 Å². The normalized spacial score (nSPS) is 18.2. The minimum Gasteiger partial charge on any atom is -0.351 e. The van der Waals surface area contributed by atoms with Gasteiger partial charge in [-0.15, -0.1) is 0 Å². The number of nitriles is 1. The highest BCUT2D eigenvalue weighted by Gasteiger charge is 2.20. The molecule has 0 radical (unpaired) electrons. The molecule has 0 bridgehead atoms. The molecule has 0 aliphatic carbocycles. The molecular formula is C9H15N3O. The minimum absolute atomic E-state index is 0.321. The maximum Gasteiger partial charge on any atom is 0.314 e. The van der Waals surface area contributed by atoms with Gasteiger partial charge in [0, 0.05) is 19.5 Å². The van der Waals surface area contributed by atoms with E-state index in [0.717, 1.165) is 32.4 Å². The molecule has 0 unspecified atom stereocenters. The number of hydrogen-bond acceptors (Lipinski definition) is 2.